The van der Waals surface area contributed by atoms with Gasteiger partial charge in [0, 0.05) is 55.1 Å². The maximum Gasteiger partial charge on any atom is 0.246 e. The summed E-state index contributed by atoms with van der Waals surface area (Å²) < 4.78 is 0. The number of rotatable bonds is 23. The van der Waals surface area contributed by atoms with Crippen LogP contribution in [0.5, 0.6) is 0 Å². The highest BCUT2D eigenvalue weighted by Crippen LogP contribution is 2.27. The van der Waals surface area contributed by atoms with Gasteiger partial charge in [-0.1, -0.05) is 123 Å². The van der Waals surface area contributed by atoms with Crippen LogP contribution in [0, 0.1) is 41.4 Å². The molecular formula is C70H128N12O12S. The summed E-state index contributed by atoms with van der Waals surface area (Å²) in [7, 11) is 10.2. The molecule has 0 radical (unpaired) electrons. The number of likely N-dealkylation sites (N-methyl/N-ethyl adjacent to an activating group) is 7. The number of carbonyl (C=O) groups is 11. The van der Waals surface area contributed by atoms with Gasteiger partial charge >= 0.3 is 0 Å². The third-order valence-electron chi connectivity index (χ3n) is 18.3. The van der Waals surface area contributed by atoms with Gasteiger partial charge in [-0.25, -0.2) is 0 Å². The van der Waals surface area contributed by atoms with Crippen molar-refractivity contribution in [3.8, 4) is 0 Å². The number of nitrogens with one attached hydrogen (secondary N) is 4. The smallest absolute Gasteiger partial charge is 0.246 e. The first kappa shape index (κ1) is 87.2. The molecule has 1 aliphatic rings. The van der Waals surface area contributed by atoms with E-state index in [1.54, 1.807) is 47.6 Å². The number of hydrogen-bond donors (Lipinski definition) is 5. The lowest BCUT2D eigenvalue weighted by molar-refractivity contribution is -0.157. The van der Waals surface area contributed by atoms with Crippen LogP contribution in [0.4, 0.5) is 0 Å². The van der Waals surface area contributed by atoms with Gasteiger partial charge in [-0.15, -0.1) is 0 Å². The average molecular weight is 1360 g/mol. The van der Waals surface area contributed by atoms with E-state index in [4.69, 9.17) is 0 Å². The number of amides is 11. The predicted molar refractivity (Wildman–Crippen MR) is 377 cm³/mol. The zero-order valence-electron chi connectivity index (χ0n) is 63.0. The molecule has 95 heavy (non-hydrogen) atoms. The fourth-order valence-electron chi connectivity index (χ4n) is 12.1. The van der Waals surface area contributed by atoms with Crippen molar-refractivity contribution in [1.82, 2.24) is 60.5 Å². The third-order valence-corrected chi connectivity index (χ3v) is 19.4. The summed E-state index contributed by atoms with van der Waals surface area (Å²) in [6.45, 7) is 36.8. The molecule has 1 saturated heterocycles. The van der Waals surface area contributed by atoms with Gasteiger partial charge in [0.25, 0.3) is 0 Å². The molecule has 546 valence electrons. The Bertz CT molecular complexity index is 2550. The monoisotopic (exact) mass is 1360 g/mol. The summed E-state index contributed by atoms with van der Waals surface area (Å²) in [5.74, 6) is -8.97. The van der Waals surface area contributed by atoms with Gasteiger partial charge in [0.15, 0.2) is 0 Å². The van der Waals surface area contributed by atoms with E-state index in [9.17, 15) is 29.1 Å². The Morgan fingerprint density at radius 2 is 0.874 bits per heavy atom. The second-order valence-corrected chi connectivity index (χ2v) is 29.9. The van der Waals surface area contributed by atoms with Crippen molar-refractivity contribution in [3.63, 3.8) is 0 Å². The molecule has 0 unspecified atom stereocenters. The first-order valence-electron chi connectivity index (χ1n) is 34.8. The predicted octanol–water partition coefficient (Wildman–Crippen LogP) is 5.10. The van der Waals surface area contributed by atoms with E-state index < -0.39 is 155 Å². The highest BCUT2D eigenvalue weighted by Gasteiger charge is 2.46. The van der Waals surface area contributed by atoms with Crippen LogP contribution in [0.1, 0.15) is 176 Å². The fourth-order valence-corrected chi connectivity index (χ4v) is 13.2. The van der Waals surface area contributed by atoms with E-state index in [2.05, 4.69) is 40.0 Å². The molecule has 1 rings (SSSR count). The van der Waals surface area contributed by atoms with Gasteiger partial charge in [0.2, 0.25) is 65.0 Å². The topological polar surface area (TPSA) is 282 Å². The van der Waals surface area contributed by atoms with E-state index >= 15 is 28.8 Å². The number of hydrogen-bond acceptors (Lipinski definition) is 14. The molecule has 25 heteroatoms. The lowest BCUT2D eigenvalue weighted by Crippen LogP contribution is -2.64. The number of allylic oxidation sites excluding steroid dienone is 2. The van der Waals surface area contributed by atoms with Crippen molar-refractivity contribution in [2.75, 3.05) is 80.5 Å². The summed E-state index contributed by atoms with van der Waals surface area (Å²) in [4.78, 5) is 175. The van der Waals surface area contributed by atoms with Gasteiger partial charge in [-0.3, -0.25) is 52.7 Å². The highest BCUT2D eigenvalue weighted by molar-refractivity contribution is 7.99. The molecule has 0 aromatic heterocycles. The minimum Gasteiger partial charge on any atom is -0.390 e. The Hall–Kier alpha value is -5.82. The van der Waals surface area contributed by atoms with Gasteiger partial charge in [0.1, 0.15) is 66.5 Å². The molecule has 0 bridgehead atoms. The largest absolute Gasteiger partial charge is 0.390 e. The van der Waals surface area contributed by atoms with E-state index in [-0.39, 0.29) is 61.5 Å². The van der Waals surface area contributed by atoms with Crippen LogP contribution < -0.4 is 21.3 Å². The zero-order chi connectivity index (χ0) is 73.4. The van der Waals surface area contributed by atoms with Crippen LogP contribution in [0.3, 0.4) is 0 Å². The molecule has 0 saturated carbocycles. The molecule has 0 aliphatic carbocycles. The van der Waals surface area contributed by atoms with E-state index in [1.807, 2.05) is 68.4 Å². The summed E-state index contributed by atoms with van der Waals surface area (Å²) in [5, 5.41) is 23.6. The van der Waals surface area contributed by atoms with Crippen molar-refractivity contribution in [2.24, 2.45) is 41.4 Å². The van der Waals surface area contributed by atoms with Crippen LogP contribution in [0.2, 0.25) is 0 Å². The van der Waals surface area contributed by atoms with Crippen LogP contribution >= 0.6 is 11.8 Å². The van der Waals surface area contributed by atoms with Gasteiger partial charge in [-0.2, -0.15) is 11.8 Å². The number of thioether (sulfide) groups is 1. The van der Waals surface area contributed by atoms with Crippen LogP contribution in [0.15, 0.2) is 12.2 Å². The maximum absolute atomic E-state index is 15.4. The summed E-state index contributed by atoms with van der Waals surface area (Å²) in [5.41, 5.74) is 0. The van der Waals surface area contributed by atoms with Gasteiger partial charge in [0.05, 0.1) is 6.10 Å². The second kappa shape index (κ2) is 41.4. The summed E-state index contributed by atoms with van der Waals surface area (Å²) >= 11 is 1.46. The van der Waals surface area contributed by atoms with Crippen LogP contribution in [0.25, 0.3) is 0 Å². The lowest BCUT2D eigenvalue weighted by atomic mass is 9.91. The Morgan fingerprint density at radius 3 is 1.33 bits per heavy atom. The van der Waals surface area contributed by atoms with Crippen molar-refractivity contribution >= 4 is 76.7 Å². The minimum absolute atomic E-state index is 0.0127. The molecular weight excluding hydrogens is 1230 g/mol. The molecule has 5 N–H and O–H groups in total. The second-order valence-electron chi connectivity index (χ2n) is 28.8. The van der Waals surface area contributed by atoms with Gasteiger partial charge in [-0.05, 0) is 133 Å². The van der Waals surface area contributed by atoms with Crippen molar-refractivity contribution < 1.29 is 57.8 Å². The molecule has 1 fully saturated rings. The first-order valence-corrected chi connectivity index (χ1v) is 35.9. The molecule has 0 spiro atoms. The Morgan fingerprint density at radius 1 is 0.463 bits per heavy atom. The Balaban J connectivity index is 4.55. The van der Waals surface area contributed by atoms with Crippen LogP contribution in [-0.2, 0) is 52.7 Å². The molecule has 0 aromatic carbocycles. The number of carbonyl (C=O) groups excluding carboxylic acids is 11. The quantitative estimate of drug-likeness (QED) is 0.0658. The van der Waals surface area contributed by atoms with Crippen molar-refractivity contribution in [2.45, 2.75) is 249 Å². The molecule has 1 aliphatic heterocycles. The summed E-state index contributed by atoms with van der Waals surface area (Å²) in [6.07, 6.45) is 3.79. The van der Waals surface area contributed by atoms with Gasteiger partial charge < -0.3 is 65.6 Å². The molecule has 1 heterocycles. The number of nitrogens with zero attached hydrogens (tertiary/aromatic N) is 8. The Labute approximate surface area is 575 Å². The highest BCUT2D eigenvalue weighted by atomic mass is 32.2. The van der Waals surface area contributed by atoms with Crippen molar-refractivity contribution in [3.05, 3.63) is 12.2 Å². The summed E-state index contributed by atoms with van der Waals surface area (Å²) in [6, 6.07) is -13.7. The number of aliphatic hydroxyl groups is 1. The third kappa shape index (κ3) is 25.5. The van der Waals surface area contributed by atoms with E-state index in [0.29, 0.717) is 12.2 Å². The van der Waals surface area contributed by atoms with E-state index in [0.717, 1.165) is 31.0 Å². The van der Waals surface area contributed by atoms with Crippen molar-refractivity contribution in [1.29, 1.82) is 0 Å². The molecule has 13 atom stereocenters. The SMILES string of the molecule is C/C=C/C[C@@H](C)[C@@H](O)[C@@H]1C(=O)N[C@H](CC)C(=O)N(C)[C@H](CSCCCN(CC)CC)C(=O)N(C)[C@@H](CC(C)C)C(=O)N[C@H](C(C)C)C(=O)N(C)[C@H](CC(C)C)C(=O)N[C@H](C)C(=O)N[C@@H](C)C(=O)N(C)[C@H](CC(C)C)C(=O)N(C)[C@H](CC(C)C)C(=O)N(C)[C@H](C(C)C)C(=O)N1C. The Kier molecular flexibility index (Phi) is 38.0. The van der Waals surface area contributed by atoms with Crippen LogP contribution in [-0.4, -0.2) is 262 Å². The van der Waals surface area contributed by atoms with E-state index in [1.165, 1.54) is 104 Å². The molecule has 0 aromatic rings. The maximum atomic E-state index is 15.4. The number of aliphatic hydroxyl groups excluding tert-OH is 1. The fraction of sp³-hybridized carbons (Fsp3) is 0.814. The standard InChI is InChI=1S/C70H128N12O12S/c1-27-31-33-47(17)59(83)58-63(87)73-50(28-2)65(89)79(24)55(40-95-35-32-34-82(29-3)30-4)68(92)75(20)52(37-42(7)8)62(86)74-56(45(13)14)69(93)76(21)51(36-41(5)6)61(85)71-48(18)60(84)72-49(19)64(88)77(22)53(38-43(9)10)66(90)78(23)54(39-44(11)12)67(91)80(25)57(46(15)16)70(94)81(58)26/h27,31,41-59,83H,28-30,32-40H2,1-26H3,(H,71,85)(H,72,84)(H,73,87)(H,74,86)/b31-27+/t47-,48-,49+,50-,51-,52+,53-,54-,55-,56-,57-,58-,59-/m1/s1. The normalized spacial score (nSPS) is 26.2. The molecule has 11 amide bonds. The average Bonchev–Trinajstić information content (AvgIpc) is 0.947. The molecule has 24 nitrogen and oxygen atoms in total. The lowest BCUT2D eigenvalue weighted by Gasteiger charge is -2.41. The first-order chi connectivity index (χ1) is 44.1. The zero-order valence-corrected chi connectivity index (χ0v) is 63.9. The minimum atomic E-state index is -1.63.